The van der Waals surface area contributed by atoms with E-state index in [1.807, 2.05) is 32.2 Å². The molecule has 194 valence electrons. The summed E-state index contributed by atoms with van der Waals surface area (Å²) in [5, 5.41) is 11.6. The molecule has 0 saturated carbocycles. The van der Waals surface area contributed by atoms with Crippen LogP contribution in [0.25, 0.3) is 38.1 Å². The number of halogens is 1. The summed E-state index contributed by atoms with van der Waals surface area (Å²) in [5.74, 6) is 0.532. The molecule has 1 atom stereocenters. The molecule has 0 aliphatic carbocycles. The molecule has 0 amide bonds. The number of likely N-dealkylation sites (N-methyl/N-ethyl adjacent to an activating group) is 1. The van der Waals surface area contributed by atoms with Crippen LogP contribution in [0.1, 0.15) is 18.1 Å². The molecule has 0 spiro atoms. The Kier molecular flexibility index (Phi) is 6.26. The lowest BCUT2D eigenvalue weighted by Gasteiger charge is -2.45. The molecule has 38 heavy (non-hydrogen) atoms. The van der Waals surface area contributed by atoms with Gasteiger partial charge in [-0.1, -0.05) is 25.1 Å². The highest BCUT2D eigenvalue weighted by atomic mass is 19.1. The first-order chi connectivity index (χ1) is 18.5. The number of anilines is 1. The van der Waals surface area contributed by atoms with Gasteiger partial charge in [-0.05, 0) is 61.5 Å². The van der Waals surface area contributed by atoms with Crippen LogP contribution in [-0.2, 0) is 6.54 Å². The van der Waals surface area contributed by atoms with Crippen LogP contribution in [0, 0.1) is 19.3 Å². The fraction of sp³-hybridized carbons (Fsp3) is 0.333. The van der Waals surface area contributed by atoms with Crippen molar-refractivity contribution in [2.75, 3.05) is 44.7 Å². The van der Waals surface area contributed by atoms with Gasteiger partial charge in [0.2, 0.25) is 0 Å². The largest absolute Gasteiger partial charge is 0.489 e. The van der Waals surface area contributed by atoms with Gasteiger partial charge in [-0.25, -0.2) is 9.24 Å². The van der Waals surface area contributed by atoms with Gasteiger partial charge < -0.3 is 15.0 Å². The van der Waals surface area contributed by atoms with Gasteiger partial charge in [0.25, 0.3) is 0 Å². The van der Waals surface area contributed by atoms with Crippen LogP contribution in [0.3, 0.4) is 0 Å². The number of hydrogen-bond acceptors (Lipinski definition) is 5. The molecule has 3 heterocycles. The van der Waals surface area contributed by atoms with Crippen LogP contribution in [-0.4, -0.2) is 61.0 Å². The average Bonchev–Trinajstić information content (AvgIpc) is 3.34. The second-order valence-electron chi connectivity index (χ2n) is 10.1. The highest BCUT2D eigenvalue weighted by Crippen LogP contribution is 2.42. The number of nitrogens with one attached hydrogen (secondary N) is 2. The van der Waals surface area contributed by atoms with Crippen LogP contribution in [0.4, 0.5) is 15.8 Å². The number of nitrogens with zero attached hydrogens (tertiary/aromatic N) is 4. The van der Waals surface area contributed by atoms with E-state index in [2.05, 4.69) is 49.2 Å². The average molecular weight is 511 g/mol. The lowest BCUT2D eigenvalue weighted by molar-refractivity contribution is 0.172. The fourth-order valence-corrected chi connectivity index (χ4v) is 5.90. The van der Waals surface area contributed by atoms with Crippen molar-refractivity contribution in [3.8, 4) is 28.1 Å². The zero-order valence-electron chi connectivity index (χ0n) is 21.9. The van der Waals surface area contributed by atoms with Gasteiger partial charge >= 0.3 is 0 Å². The zero-order chi connectivity index (χ0) is 26.4. The van der Waals surface area contributed by atoms with E-state index in [4.69, 9.17) is 11.3 Å². The molecule has 2 aliphatic heterocycles. The Labute approximate surface area is 222 Å². The first-order valence-electron chi connectivity index (χ1n) is 13.1. The summed E-state index contributed by atoms with van der Waals surface area (Å²) < 4.78 is 21.6. The van der Waals surface area contributed by atoms with Gasteiger partial charge in [-0.3, -0.25) is 10.00 Å². The molecular weight excluding hydrogens is 479 g/mol. The maximum atomic E-state index is 15.4. The van der Waals surface area contributed by atoms with Crippen LogP contribution < -0.4 is 15.0 Å². The van der Waals surface area contributed by atoms with E-state index in [0.717, 1.165) is 70.9 Å². The van der Waals surface area contributed by atoms with Gasteiger partial charge in [0.1, 0.15) is 18.2 Å². The van der Waals surface area contributed by atoms with Crippen molar-refractivity contribution in [1.82, 2.24) is 20.4 Å². The maximum absolute atomic E-state index is 15.4. The minimum Gasteiger partial charge on any atom is -0.489 e. The van der Waals surface area contributed by atoms with Gasteiger partial charge in [-0.2, -0.15) is 5.10 Å². The number of rotatable bonds is 5. The number of hydrogen-bond donors (Lipinski definition) is 2. The second-order valence-corrected chi connectivity index (χ2v) is 10.1. The van der Waals surface area contributed by atoms with Crippen LogP contribution in [0.2, 0.25) is 0 Å². The first kappa shape index (κ1) is 24.4. The minimum atomic E-state index is -0.329. The van der Waals surface area contributed by atoms with Crippen molar-refractivity contribution in [3.05, 3.63) is 70.8 Å². The lowest BCUT2D eigenvalue weighted by Crippen LogP contribution is -2.57. The second kappa shape index (κ2) is 9.75. The van der Waals surface area contributed by atoms with Crippen molar-refractivity contribution in [2.24, 2.45) is 0 Å². The van der Waals surface area contributed by atoms with E-state index in [0.29, 0.717) is 36.0 Å². The molecule has 1 fully saturated rings. The van der Waals surface area contributed by atoms with E-state index in [9.17, 15) is 0 Å². The van der Waals surface area contributed by atoms with Crippen molar-refractivity contribution >= 4 is 22.3 Å². The number of piperazine rings is 1. The standard InChI is InChI=1S/C30H31FN6O/c1-5-36-8-9-37-21(16-36)17-38-28-12-20(6-7-27(28)37)30-23-13-22(25(33-4)14-26(23)34-35-30)29-18(2)10-19(15-32-3)11-24(29)31/h6-7,10-14,21,32H,5,8-9,15-17H2,1-3H3,(H,34,35). The molecule has 0 bridgehead atoms. The predicted molar refractivity (Wildman–Crippen MR) is 149 cm³/mol. The number of H-pyrrole nitrogens is 1. The molecule has 8 heteroatoms. The Morgan fingerprint density at radius 3 is 2.84 bits per heavy atom. The van der Waals surface area contributed by atoms with Crippen molar-refractivity contribution in [2.45, 2.75) is 26.4 Å². The SMILES string of the molecule is [C-]#[N+]c1cc2[nH]nc(-c3ccc4c(c3)OCC3CN(CC)CCN43)c2cc1-c1c(C)cc(CNC)cc1F. The lowest BCUT2D eigenvalue weighted by atomic mass is 9.94. The van der Waals surface area contributed by atoms with Crippen molar-refractivity contribution in [3.63, 3.8) is 0 Å². The normalized spacial score (nSPS) is 17.1. The number of ether oxygens (including phenoxy) is 1. The molecule has 2 N–H and O–H groups in total. The molecule has 4 aromatic rings. The van der Waals surface area contributed by atoms with Crippen LogP contribution >= 0.6 is 0 Å². The topological polar surface area (TPSA) is 60.8 Å². The Bertz CT molecular complexity index is 1550. The third-order valence-corrected chi connectivity index (χ3v) is 7.78. The number of fused-ring (bicyclic) bond motifs is 4. The van der Waals surface area contributed by atoms with E-state index in [1.165, 1.54) is 0 Å². The minimum absolute atomic E-state index is 0.329. The summed E-state index contributed by atoms with van der Waals surface area (Å²) in [7, 11) is 1.84. The predicted octanol–water partition coefficient (Wildman–Crippen LogP) is 5.52. The molecule has 3 aromatic carbocycles. The quantitative estimate of drug-likeness (QED) is 0.347. The summed E-state index contributed by atoms with van der Waals surface area (Å²) in [5.41, 5.74) is 6.63. The summed E-state index contributed by atoms with van der Waals surface area (Å²) in [6.07, 6.45) is 0. The number of benzene rings is 3. The maximum Gasteiger partial charge on any atom is 0.197 e. The van der Waals surface area contributed by atoms with E-state index in [-0.39, 0.29) is 5.82 Å². The molecule has 1 unspecified atom stereocenters. The molecule has 1 saturated heterocycles. The highest BCUT2D eigenvalue weighted by molar-refractivity contribution is 6.00. The molecule has 6 rings (SSSR count). The summed E-state index contributed by atoms with van der Waals surface area (Å²) in [6.45, 7) is 17.2. The van der Waals surface area contributed by atoms with Gasteiger partial charge in [-0.15, -0.1) is 0 Å². The van der Waals surface area contributed by atoms with Gasteiger partial charge in [0, 0.05) is 42.7 Å². The van der Waals surface area contributed by atoms with Crippen LogP contribution in [0.15, 0.2) is 42.5 Å². The highest BCUT2D eigenvalue weighted by Gasteiger charge is 2.32. The van der Waals surface area contributed by atoms with E-state index >= 15 is 4.39 Å². The summed E-state index contributed by atoms with van der Waals surface area (Å²) in [6, 6.07) is 13.8. The van der Waals surface area contributed by atoms with Gasteiger partial charge in [0.05, 0.1) is 29.5 Å². The molecule has 7 nitrogen and oxygen atoms in total. The van der Waals surface area contributed by atoms with Crippen molar-refractivity contribution in [1.29, 1.82) is 0 Å². The number of aryl methyl sites for hydroxylation is 1. The Hall–Kier alpha value is -3.93. The number of aromatic amines is 1. The molecular formula is C30H31FN6O. The van der Waals surface area contributed by atoms with Crippen LogP contribution in [0.5, 0.6) is 5.75 Å². The first-order valence-corrected chi connectivity index (χ1v) is 13.1. The zero-order valence-corrected chi connectivity index (χ0v) is 21.9. The Morgan fingerprint density at radius 1 is 1.21 bits per heavy atom. The molecule has 2 aliphatic rings. The smallest absolute Gasteiger partial charge is 0.197 e. The van der Waals surface area contributed by atoms with Crippen molar-refractivity contribution < 1.29 is 9.13 Å². The molecule has 1 aromatic heterocycles. The summed E-state index contributed by atoms with van der Waals surface area (Å²) >= 11 is 0. The third-order valence-electron chi connectivity index (χ3n) is 7.78. The Morgan fingerprint density at radius 2 is 2.08 bits per heavy atom. The van der Waals surface area contributed by atoms with E-state index < -0.39 is 0 Å². The monoisotopic (exact) mass is 510 g/mol. The fourth-order valence-electron chi connectivity index (χ4n) is 5.90. The van der Waals surface area contributed by atoms with Gasteiger partial charge in [0.15, 0.2) is 5.69 Å². The van der Waals surface area contributed by atoms with E-state index in [1.54, 1.807) is 12.1 Å². The third kappa shape index (κ3) is 4.08. The Balaban J connectivity index is 1.41. The molecule has 0 radical (unpaired) electrons. The summed E-state index contributed by atoms with van der Waals surface area (Å²) in [4.78, 5) is 8.65. The number of aromatic nitrogens is 2.